The second-order valence-electron chi connectivity index (χ2n) is 9.39. The summed E-state index contributed by atoms with van der Waals surface area (Å²) in [5.74, 6) is 0.636. The molecule has 2 aromatic carbocycles. The van der Waals surface area contributed by atoms with E-state index in [2.05, 4.69) is 4.98 Å². The standard InChI is InChI=1S/C27H27N3O2S/c31-26(21-12-6-10-19-9-4-5-11-20(19)21)29-14-13-22-23(16-29)33-25-24(22)27(32)30(17-28-25)15-18-7-2-1-3-8-18/h4-6,9-12,17-18H,1-3,7-8,13-16H2. The molecule has 0 atom stereocenters. The van der Waals surface area contributed by atoms with Crippen LogP contribution in [0.25, 0.3) is 21.0 Å². The van der Waals surface area contributed by atoms with Gasteiger partial charge in [0.05, 0.1) is 18.3 Å². The van der Waals surface area contributed by atoms with Gasteiger partial charge in [-0.25, -0.2) is 4.98 Å². The summed E-state index contributed by atoms with van der Waals surface area (Å²) >= 11 is 1.57. The van der Waals surface area contributed by atoms with E-state index in [1.165, 1.54) is 32.1 Å². The number of carbonyl (C=O) groups excluding carboxylic acids is 1. The summed E-state index contributed by atoms with van der Waals surface area (Å²) in [6, 6.07) is 13.9. The van der Waals surface area contributed by atoms with Gasteiger partial charge < -0.3 is 4.90 Å². The number of hydrogen-bond acceptors (Lipinski definition) is 4. The van der Waals surface area contributed by atoms with Crippen LogP contribution in [-0.2, 0) is 19.5 Å². The normalized spacial score (nSPS) is 16.9. The third kappa shape index (κ3) is 3.66. The lowest BCUT2D eigenvalue weighted by Crippen LogP contribution is -2.35. The van der Waals surface area contributed by atoms with Crippen molar-refractivity contribution in [2.45, 2.75) is 51.6 Å². The van der Waals surface area contributed by atoms with Crippen LogP contribution >= 0.6 is 11.3 Å². The molecule has 3 heterocycles. The Balaban J connectivity index is 1.30. The van der Waals surface area contributed by atoms with Crippen LogP contribution in [0.2, 0.25) is 0 Å². The van der Waals surface area contributed by atoms with Crippen molar-refractivity contribution in [3.05, 3.63) is 75.1 Å². The number of aromatic nitrogens is 2. The zero-order chi connectivity index (χ0) is 22.4. The quantitative estimate of drug-likeness (QED) is 0.414. The molecule has 5 nitrogen and oxygen atoms in total. The average molecular weight is 458 g/mol. The number of nitrogens with zero attached hydrogens (tertiary/aromatic N) is 3. The zero-order valence-corrected chi connectivity index (χ0v) is 19.4. The minimum absolute atomic E-state index is 0.0533. The fourth-order valence-electron chi connectivity index (χ4n) is 5.55. The molecule has 1 aliphatic heterocycles. The van der Waals surface area contributed by atoms with Crippen molar-refractivity contribution >= 4 is 38.2 Å². The van der Waals surface area contributed by atoms with E-state index in [9.17, 15) is 9.59 Å². The van der Waals surface area contributed by atoms with Gasteiger partial charge >= 0.3 is 0 Å². The Hall–Kier alpha value is -2.99. The van der Waals surface area contributed by atoms with Gasteiger partial charge in [-0.3, -0.25) is 14.2 Å². The molecular weight excluding hydrogens is 430 g/mol. The molecule has 0 saturated heterocycles. The molecule has 1 amide bonds. The van der Waals surface area contributed by atoms with E-state index in [-0.39, 0.29) is 11.5 Å². The highest BCUT2D eigenvalue weighted by Gasteiger charge is 2.28. The van der Waals surface area contributed by atoms with E-state index in [1.54, 1.807) is 17.7 Å². The maximum absolute atomic E-state index is 13.4. The molecule has 6 rings (SSSR count). The smallest absolute Gasteiger partial charge is 0.262 e. The fourth-order valence-corrected chi connectivity index (χ4v) is 6.75. The molecule has 1 fully saturated rings. The van der Waals surface area contributed by atoms with Crippen LogP contribution in [0.5, 0.6) is 0 Å². The molecular formula is C27H27N3O2S. The summed E-state index contributed by atoms with van der Waals surface area (Å²) in [7, 11) is 0. The molecule has 1 aliphatic carbocycles. The monoisotopic (exact) mass is 457 g/mol. The molecule has 6 heteroatoms. The predicted molar refractivity (Wildman–Crippen MR) is 133 cm³/mol. The van der Waals surface area contributed by atoms with E-state index in [4.69, 9.17) is 0 Å². The second kappa shape index (κ2) is 8.41. The number of hydrogen-bond donors (Lipinski definition) is 0. The summed E-state index contributed by atoms with van der Waals surface area (Å²) < 4.78 is 1.83. The molecule has 0 bridgehead atoms. The van der Waals surface area contributed by atoms with Crippen molar-refractivity contribution < 1.29 is 4.79 Å². The molecule has 168 valence electrons. The topological polar surface area (TPSA) is 55.2 Å². The van der Waals surface area contributed by atoms with Gasteiger partial charge in [-0.1, -0.05) is 55.7 Å². The van der Waals surface area contributed by atoms with Gasteiger partial charge in [0.2, 0.25) is 0 Å². The van der Waals surface area contributed by atoms with Crippen molar-refractivity contribution in [1.82, 2.24) is 14.5 Å². The van der Waals surface area contributed by atoms with Gasteiger partial charge in [0, 0.05) is 23.5 Å². The average Bonchev–Trinajstić information content (AvgIpc) is 3.24. The van der Waals surface area contributed by atoms with Crippen molar-refractivity contribution in [1.29, 1.82) is 0 Å². The van der Waals surface area contributed by atoms with Crippen molar-refractivity contribution in [3.8, 4) is 0 Å². The molecule has 0 unspecified atom stereocenters. The Bertz CT molecular complexity index is 1410. The Morgan fingerprint density at radius 3 is 2.76 bits per heavy atom. The van der Waals surface area contributed by atoms with Crippen LogP contribution in [0.1, 0.15) is 52.9 Å². The maximum Gasteiger partial charge on any atom is 0.262 e. The third-order valence-corrected chi connectivity index (χ3v) is 8.44. The van der Waals surface area contributed by atoms with Gasteiger partial charge in [0.15, 0.2) is 0 Å². The first-order valence-electron chi connectivity index (χ1n) is 12.0. The number of fused-ring (bicyclic) bond motifs is 4. The molecule has 0 spiro atoms. The van der Waals surface area contributed by atoms with Crippen LogP contribution in [0.4, 0.5) is 0 Å². The molecule has 33 heavy (non-hydrogen) atoms. The van der Waals surface area contributed by atoms with Gasteiger partial charge in [0.1, 0.15) is 4.83 Å². The van der Waals surface area contributed by atoms with E-state index >= 15 is 0 Å². The SMILES string of the molecule is O=C(c1cccc2ccccc12)N1CCc2c(sc3ncn(CC4CCCCC4)c(=O)c23)C1. The lowest BCUT2D eigenvalue weighted by atomic mass is 9.89. The second-order valence-corrected chi connectivity index (χ2v) is 10.5. The summed E-state index contributed by atoms with van der Waals surface area (Å²) in [5.41, 5.74) is 1.94. The zero-order valence-electron chi connectivity index (χ0n) is 18.6. The number of thiophene rings is 1. The van der Waals surface area contributed by atoms with Gasteiger partial charge in [0.25, 0.3) is 11.5 Å². The Morgan fingerprint density at radius 2 is 1.88 bits per heavy atom. The summed E-state index contributed by atoms with van der Waals surface area (Å²) in [5, 5.41) is 2.84. The highest BCUT2D eigenvalue weighted by Crippen LogP contribution is 2.33. The maximum atomic E-state index is 13.4. The van der Waals surface area contributed by atoms with E-state index in [1.807, 2.05) is 51.9 Å². The number of carbonyl (C=O) groups is 1. The van der Waals surface area contributed by atoms with Crippen LogP contribution in [-0.4, -0.2) is 26.9 Å². The molecule has 0 radical (unpaired) electrons. The lowest BCUT2D eigenvalue weighted by Gasteiger charge is -2.27. The van der Waals surface area contributed by atoms with Crippen LogP contribution < -0.4 is 5.56 Å². The summed E-state index contributed by atoms with van der Waals surface area (Å²) in [6.07, 6.45) is 8.70. The number of amides is 1. The number of rotatable bonds is 3. The minimum Gasteiger partial charge on any atom is -0.333 e. The first kappa shape index (κ1) is 20.6. The Labute approximate surface area is 196 Å². The highest BCUT2D eigenvalue weighted by atomic mass is 32.1. The third-order valence-electron chi connectivity index (χ3n) is 7.31. The Kier molecular flexibility index (Phi) is 5.25. The summed E-state index contributed by atoms with van der Waals surface area (Å²) in [4.78, 5) is 35.3. The first-order chi connectivity index (χ1) is 16.2. The molecule has 2 aromatic heterocycles. The van der Waals surface area contributed by atoms with Crippen LogP contribution in [0.15, 0.2) is 53.6 Å². The van der Waals surface area contributed by atoms with Crippen LogP contribution in [0, 0.1) is 5.92 Å². The molecule has 1 saturated carbocycles. The molecule has 0 N–H and O–H groups in total. The molecule has 4 aromatic rings. The van der Waals surface area contributed by atoms with Crippen molar-refractivity contribution in [2.24, 2.45) is 5.92 Å². The predicted octanol–water partition coefficient (Wildman–Crippen LogP) is 5.39. The number of benzene rings is 2. The van der Waals surface area contributed by atoms with Crippen LogP contribution in [0.3, 0.4) is 0 Å². The van der Waals surface area contributed by atoms with E-state index in [0.717, 1.165) is 43.5 Å². The Morgan fingerprint density at radius 1 is 1.06 bits per heavy atom. The van der Waals surface area contributed by atoms with Crippen molar-refractivity contribution in [2.75, 3.05) is 6.54 Å². The van der Waals surface area contributed by atoms with Gasteiger partial charge in [-0.05, 0) is 47.6 Å². The van der Waals surface area contributed by atoms with Crippen molar-refractivity contribution in [3.63, 3.8) is 0 Å². The minimum atomic E-state index is 0.0533. The largest absolute Gasteiger partial charge is 0.333 e. The fraction of sp³-hybridized carbons (Fsp3) is 0.370. The highest BCUT2D eigenvalue weighted by molar-refractivity contribution is 7.18. The summed E-state index contributed by atoms with van der Waals surface area (Å²) in [6.45, 7) is 1.94. The van der Waals surface area contributed by atoms with E-state index in [0.29, 0.717) is 25.4 Å². The van der Waals surface area contributed by atoms with E-state index < -0.39 is 0 Å². The van der Waals surface area contributed by atoms with Gasteiger partial charge in [-0.15, -0.1) is 11.3 Å². The lowest BCUT2D eigenvalue weighted by molar-refractivity contribution is 0.0739. The van der Waals surface area contributed by atoms with Gasteiger partial charge in [-0.2, -0.15) is 0 Å². The first-order valence-corrected chi connectivity index (χ1v) is 12.8. The molecule has 2 aliphatic rings.